The molecule has 4 heterocycles. The van der Waals surface area contributed by atoms with Crippen LogP contribution >= 0.6 is 38.6 Å². The Morgan fingerprint density at radius 2 is 2.16 bits per heavy atom. The molecule has 0 unspecified atom stereocenters. The van der Waals surface area contributed by atoms with Crippen molar-refractivity contribution in [3.63, 3.8) is 0 Å². The van der Waals surface area contributed by atoms with Gasteiger partial charge in [0.15, 0.2) is 5.82 Å². The molecule has 1 N–H and O–H groups in total. The molecule has 1 amide bonds. The van der Waals surface area contributed by atoms with Gasteiger partial charge in [0, 0.05) is 28.2 Å². The van der Waals surface area contributed by atoms with Gasteiger partial charge in [-0.2, -0.15) is 0 Å². The van der Waals surface area contributed by atoms with Gasteiger partial charge in [-0.3, -0.25) is 4.79 Å². The quantitative estimate of drug-likeness (QED) is 0.671. The molecule has 1 aliphatic heterocycles. The largest absolute Gasteiger partial charge is 0.343 e. The van der Waals surface area contributed by atoms with Crippen LogP contribution in [0.4, 0.5) is 0 Å². The first-order chi connectivity index (χ1) is 12.2. The Hall–Kier alpha value is -1.58. The zero-order valence-electron chi connectivity index (χ0n) is 13.4. The molecule has 3 aromatic heterocycles. The second kappa shape index (κ2) is 7.35. The number of aromatic nitrogens is 4. The molecule has 0 atom stereocenters. The summed E-state index contributed by atoms with van der Waals surface area (Å²) in [7, 11) is 0. The highest BCUT2D eigenvalue weighted by Gasteiger charge is 2.17. The topological polar surface area (TPSA) is 72.7 Å². The SMILES string of the molecule is O=C(NCc1nnc2n1CCCCC2)c1csc(-c2cc(Br)cs2)n1. The number of rotatable bonds is 4. The zero-order chi connectivity index (χ0) is 17.2. The molecule has 0 saturated heterocycles. The second-order valence-corrected chi connectivity index (χ2v) is 8.53. The standard InChI is InChI=1S/C16H16BrN5OS2/c17-10-6-12(24-8-10)16-19-11(9-25-16)15(23)18-7-14-21-20-13-4-2-1-3-5-22(13)14/h6,8-9H,1-5,7H2,(H,18,23). The summed E-state index contributed by atoms with van der Waals surface area (Å²) in [5.41, 5.74) is 0.445. The van der Waals surface area contributed by atoms with Gasteiger partial charge >= 0.3 is 0 Å². The smallest absolute Gasteiger partial charge is 0.271 e. The van der Waals surface area contributed by atoms with Crippen molar-refractivity contribution in [2.24, 2.45) is 0 Å². The summed E-state index contributed by atoms with van der Waals surface area (Å²) in [4.78, 5) is 17.9. The predicted octanol–water partition coefficient (Wildman–Crippen LogP) is 3.88. The maximum atomic E-state index is 12.4. The first kappa shape index (κ1) is 16.9. The number of thiazole rings is 1. The number of halogens is 1. The summed E-state index contributed by atoms with van der Waals surface area (Å²) in [6.45, 7) is 1.31. The minimum Gasteiger partial charge on any atom is -0.343 e. The molecule has 0 radical (unpaired) electrons. The van der Waals surface area contributed by atoms with Crippen molar-refractivity contribution >= 4 is 44.5 Å². The number of amides is 1. The van der Waals surface area contributed by atoms with E-state index in [0.29, 0.717) is 12.2 Å². The molecular weight excluding hydrogens is 422 g/mol. The predicted molar refractivity (Wildman–Crippen MR) is 102 cm³/mol. The molecule has 0 fully saturated rings. The van der Waals surface area contributed by atoms with Crippen LogP contribution in [0.1, 0.15) is 41.4 Å². The number of carbonyl (C=O) groups excluding carboxylic acids is 1. The maximum Gasteiger partial charge on any atom is 0.271 e. The Bertz CT molecular complexity index is 900. The van der Waals surface area contributed by atoms with Crippen LogP contribution in [0.15, 0.2) is 21.3 Å². The molecule has 0 aliphatic carbocycles. The second-order valence-electron chi connectivity index (χ2n) is 5.84. The van der Waals surface area contributed by atoms with E-state index in [4.69, 9.17) is 0 Å². The molecule has 3 aromatic rings. The average molecular weight is 438 g/mol. The van der Waals surface area contributed by atoms with E-state index in [0.717, 1.165) is 51.8 Å². The number of carbonyl (C=O) groups is 1. The summed E-state index contributed by atoms with van der Waals surface area (Å²) in [6.07, 6.45) is 4.48. The average Bonchev–Trinajstić information content (AvgIpc) is 3.30. The zero-order valence-corrected chi connectivity index (χ0v) is 16.6. The Morgan fingerprint density at radius 1 is 1.24 bits per heavy atom. The molecule has 9 heteroatoms. The van der Waals surface area contributed by atoms with E-state index in [-0.39, 0.29) is 5.91 Å². The molecule has 4 rings (SSSR count). The van der Waals surface area contributed by atoms with Crippen molar-refractivity contribution < 1.29 is 4.79 Å². The summed E-state index contributed by atoms with van der Waals surface area (Å²) >= 11 is 6.52. The summed E-state index contributed by atoms with van der Waals surface area (Å²) in [5, 5.41) is 16.1. The number of hydrogen-bond donors (Lipinski definition) is 1. The van der Waals surface area contributed by atoms with E-state index in [1.54, 1.807) is 16.7 Å². The Kier molecular flexibility index (Phi) is 4.96. The molecule has 1 aliphatic rings. The molecule has 0 aromatic carbocycles. The van der Waals surface area contributed by atoms with Crippen LogP contribution in [-0.4, -0.2) is 25.7 Å². The third kappa shape index (κ3) is 3.68. The van der Waals surface area contributed by atoms with Crippen molar-refractivity contribution in [1.82, 2.24) is 25.1 Å². The van der Waals surface area contributed by atoms with Crippen LogP contribution in [0.3, 0.4) is 0 Å². The lowest BCUT2D eigenvalue weighted by Crippen LogP contribution is -2.25. The van der Waals surface area contributed by atoms with E-state index in [1.807, 2.05) is 11.4 Å². The Labute approximate surface area is 161 Å². The monoisotopic (exact) mass is 437 g/mol. The first-order valence-corrected chi connectivity index (χ1v) is 10.6. The van der Waals surface area contributed by atoms with E-state index in [2.05, 4.69) is 41.0 Å². The van der Waals surface area contributed by atoms with Crippen LogP contribution < -0.4 is 5.32 Å². The molecule has 130 valence electrons. The third-order valence-electron chi connectivity index (χ3n) is 4.11. The van der Waals surface area contributed by atoms with E-state index >= 15 is 0 Å². The lowest BCUT2D eigenvalue weighted by molar-refractivity contribution is 0.0945. The maximum absolute atomic E-state index is 12.4. The van der Waals surface area contributed by atoms with Crippen molar-refractivity contribution in [3.05, 3.63) is 38.6 Å². The van der Waals surface area contributed by atoms with Crippen molar-refractivity contribution in [1.29, 1.82) is 0 Å². The summed E-state index contributed by atoms with van der Waals surface area (Å²) in [5.74, 6) is 1.67. The number of aryl methyl sites for hydroxylation is 1. The van der Waals surface area contributed by atoms with Crippen LogP contribution in [-0.2, 0) is 19.5 Å². The van der Waals surface area contributed by atoms with Crippen molar-refractivity contribution in [2.45, 2.75) is 38.8 Å². The van der Waals surface area contributed by atoms with Gasteiger partial charge in [-0.1, -0.05) is 6.42 Å². The van der Waals surface area contributed by atoms with Gasteiger partial charge in [0.1, 0.15) is 16.5 Å². The third-order valence-corrected chi connectivity index (χ3v) is 6.81. The number of hydrogen-bond acceptors (Lipinski definition) is 6. The van der Waals surface area contributed by atoms with Crippen LogP contribution in [0, 0.1) is 0 Å². The summed E-state index contributed by atoms with van der Waals surface area (Å²) in [6, 6.07) is 2.01. The molecule has 0 bridgehead atoms. The fraction of sp³-hybridized carbons (Fsp3) is 0.375. The van der Waals surface area contributed by atoms with Gasteiger partial charge < -0.3 is 9.88 Å². The Morgan fingerprint density at radius 3 is 3.00 bits per heavy atom. The number of nitrogens with zero attached hydrogens (tertiary/aromatic N) is 4. The first-order valence-electron chi connectivity index (χ1n) is 8.10. The van der Waals surface area contributed by atoms with Gasteiger partial charge in [-0.05, 0) is 34.8 Å². The van der Waals surface area contributed by atoms with Gasteiger partial charge in [0.05, 0.1) is 11.4 Å². The van der Waals surface area contributed by atoms with E-state index in [9.17, 15) is 4.79 Å². The van der Waals surface area contributed by atoms with E-state index in [1.165, 1.54) is 17.8 Å². The van der Waals surface area contributed by atoms with Crippen molar-refractivity contribution in [3.8, 4) is 9.88 Å². The van der Waals surface area contributed by atoms with Gasteiger partial charge in [0.2, 0.25) is 0 Å². The minimum absolute atomic E-state index is 0.177. The highest BCUT2D eigenvalue weighted by molar-refractivity contribution is 9.10. The molecule has 0 spiro atoms. The highest BCUT2D eigenvalue weighted by atomic mass is 79.9. The number of fused-ring (bicyclic) bond motifs is 1. The van der Waals surface area contributed by atoms with Gasteiger partial charge in [0.25, 0.3) is 5.91 Å². The fourth-order valence-electron chi connectivity index (χ4n) is 2.84. The molecule has 6 nitrogen and oxygen atoms in total. The minimum atomic E-state index is -0.177. The van der Waals surface area contributed by atoms with Crippen LogP contribution in [0.2, 0.25) is 0 Å². The number of nitrogens with one attached hydrogen (secondary N) is 1. The molecule has 0 saturated carbocycles. The highest BCUT2D eigenvalue weighted by Crippen LogP contribution is 2.31. The van der Waals surface area contributed by atoms with Gasteiger partial charge in [-0.25, -0.2) is 4.98 Å². The molecular formula is C16H16BrN5OS2. The molecule has 25 heavy (non-hydrogen) atoms. The van der Waals surface area contributed by atoms with Crippen molar-refractivity contribution in [2.75, 3.05) is 0 Å². The van der Waals surface area contributed by atoms with E-state index < -0.39 is 0 Å². The summed E-state index contributed by atoms with van der Waals surface area (Å²) < 4.78 is 3.17. The number of thiophene rings is 1. The lowest BCUT2D eigenvalue weighted by Gasteiger charge is -2.07. The normalized spacial score (nSPS) is 14.1. The fourth-order valence-corrected chi connectivity index (χ4v) is 5.15. The van der Waals surface area contributed by atoms with Crippen LogP contribution in [0.25, 0.3) is 9.88 Å². The lowest BCUT2D eigenvalue weighted by atomic mass is 10.2. The van der Waals surface area contributed by atoms with Gasteiger partial charge in [-0.15, -0.1) is 32.9 Å². The Balaban J connectivity index is 1.43. The van der Waals surface area contributed by atoms with Crippen LogP contribution in [0.5, 0.6) is 0 Å².